The molecule has 1 atom stereocenters. The maximum Gasteiger partial charge on any atom is 0.251 e. The van der Waals surface area contributed by atoms with Gasteiger partial charge in [0.05, 0.1) is 0 Å². The molecular formula is C19H29N3O2. The van der Waals surface area contributed by atoms with Crippen LogP contribution in [-0.4, -0.2) is 24.9 Å². The van der Waals surface area contributed by atoms with Crippen LogP contribution >= 0.6 is 0 Å². The largest absolute Gasteiger partial charge is 0.370 e. The zero-order valence-electron chi connectivity index (χ0n) is 14.3. The van der Waals surface area contributed by atoms with Crippen molar-refractivity contribution in [2.45, 2.75) is 50.9 Å². The zero-order chi connectivity index (χ0) is 17.4. The fraction of sp³-hybridized carbons (Fsp3) is 0.579. The highest BCUT2D eigenvalue weighted by atomic mass is 16.2. The number of rotatable bonds is 8. The lowest BCUT2D eigenvalue weighted by atomic mass is 9.88. The average molecular weight is 331 g/mol. The Kier molecular flexibility index (Phi) is 7.25. The summed E-state index contributed by atoms with van der Waals surface area (Å²) in [6.45, 7) is 1.13. The molecule has 1 aliphatic carbocycles. The molecule has 5 heteroatoms. The standard InChI is InChI=1S/C19H29N3O2/c20-12-15(10-11-18(21)23)16-8-4-5-9-17(16)19(24)22-13-14-6-2-1-3-7-14/h4-5,8-9,14-15H,1-3,6-7,10-13,20H2,(H2,21,23)(H,22,24). The van der Waals surface area contributed by atoms with Gasteiger partial charge in [-0.1, -0.05) is 37.5 Å². The van der Waals surface area contributed by atoms with Crippen LogP contribution in [0.1, 0.15) is 66.8 Å². The van der Waals surface area contributed by atoms with Crippen molar-refractivity contribution in [1.82, 2.24) is 5.32 Å². The van der Waals surface area contributed by atoms with E-state index in [4.69, 9.17) is 11.5 Å². The molecule has 24 heavy (non-hydrogen) atoms. The van der Waals surface area contributed by atoms with E-state index in [0.717, 1.165) is 12.1 Å². The van der Waals surface area contributed by atoms with E-state index < -0.39 is 0 Å². The second-order valence-corrected chi connectivity index (χ2v) is 6.74. The second-order valence-electron chi connectivity index (χ2n) is 6.74. The fourth-order valence-electron chi connectivity index (χ4n) is 3.50. The molecule has 0 aromatic heterocycles. The maximum absolute atomic E-state index is 12.6. The van der Waals surface area contributed by atoms with Gasteiger partial charge in [-0.15, -0.1) is 0 Å². The Morgan fingerprint density at radius 3 is 2.54 bits per heavy atom. The van der Waals surface area contributed by atoms with Crippen LogP contribution in [0.5, 0.6) is 0 Å². The highest BCUT2D eigenvalue weighted by Crippen LogP contribution is 2.25. The number of amides is 2. The minimum absolute atomic E-state index is 0.0332. The minimum atomic E-state index is -0.340. The third kappa shape index (κ3) is 5.34. The van der Waals surface area contributed by atoms with Gasteiger partial charge in [0.15, 0.2) is 0 Å². The lowest BCUT2D eigenvalue weighted by molar-refractivity contribution is -0.118. The van der Waals surface area contributed by atoms with E-state index in [9.17, 15) is 9.59 Å². The van der Waals surface area contributed by atoms with Crippen LogP contribution in [0.25, 0.3) is 0 Å². The lowest BCUT2D eigenvalue weighted by Gasteiger charge is -2.23. The Hall–Kier alpha value is -1.88. The molecule has 1 aromatic carbocycles. The van der Waals surface area contributed by atoms with Crippen LogP contribution in [0.3, 0.4) is 0 Å². The van der Waals surface area contributed by atoms with Gasteiger partial charge in [-0.25, -0.2) is 0 Å². The van der Waals surface area contributed by atoms with Crippen LogP contribution in [0.2, 0.25) is 0 Å². The lowest BCUT2D eigenvalue weighted by Crippen LogP contribution is -2.31. The topological polar surface area (TPSA) is 98.2 Å². The van der Waals surface area contributed by atoms with E-state index in [2.05, 4.69) is 5.32 Å². The minimum Gasteiger partial charge on any atom is -0.370 e. The summed E-state index contributed by atoms with van der Waals surface area (Å²) in [5.41, 5.74) is 12.7. The zero-order valence-corrected chi connectivity index (χ0v) is 14.3. The molecule has 1 unspecified atom stereocenters. The molecule has 5 nitrogen and oxygen atoms in total. The van der Waals surface area contributed by atoms with E-state index in [1.807, 2.05) is 24.3 Å². The summed E-state index contributed by atoms with van der Waals surface area (Å²) < 4.78 is 0. The number of carbonyl (C=O) groups is 2. The van der Waals surface area contributed by atoms with E-state index >= 15 is 0 Å². The van der Waals surface area contributed by atoms with Crippen LogP contribution in [0.15, 0.2) is 24.3 Å². The first-order chi connectivity index (χ1) is 11.6. The highest BCUT2D eigenvalue weighted by molar-refractivity contribution is 5.95. The van der Waals surface area contributed by atoms with Crippen molar-refractivity contribution >= 4 is 11.8 Å². The molecule has 0 spiro atoms. The van der Waals surface area contributed by atoms with Gasteiger partial charge in [-0.2, -0.15) is 0 Å². The first-order valence-electron chi connectivity index (χ1n) is 8.97. The third-order valence-corrected chi connectivity index (χ3v) is 4.94. The first-order valence-corrected chi connectivity index (χ1v) is 8.97. The van der Waals surface area contributed by atoms with Crippen molar-refractivity contribution in [3.63, 3.8) is 0 Å². The predicted octanol–water partition coefficient (Wildman–Crippen LogP) is 2.30. The molecule has 1 aromatic rings. The molecule has 1 aliphatic rings. The van der Waals surface area contributed by atoms with Crippen molar-refractivity contribution < 1.29 is 9.59 Å². The monoisotopic (exact) mass is 331 g/mol. The van der Waals surface area contributed by atoms with Gasteiger partial charge in [0.1, 0.15) is 0 Å². The molecule has 0 radical (unpaired) electrons. The molecule has 0 saturated heterocycles. The van der Waals surface area contributed by atoms with E-state index in [0.29, 0.717) is 24.4 Å². The summed E-state index contributed by atoms with van der Waals surface area (Å²) in [6.07, 6.45) is 7.08. The summed E-state index contributed by atoms with van der Waals surface area (Å²) in [6, 6.07) is 7.52. The summed E-state index contributed by atoms with van der Waals surface area (Å²) in [5.74, 6) is 0.172. The van der Waals surface area contributed by atoms with Crippen molar-refractivity contribution in [3.05, 3.63) is 35.4 Å². The van der Waals surface area contributed by atoms with Crippen LogP contribution < -0.4 is 16.8 Å². The van der Waals surface area contributed by atoms with Gasteiger partial charge in [0.25, 0.3) is 5.91 Å². The SMILES string of the molecule is NCC(CCC(N)=O)c1ccccc1C(=O)NCC1CCCCC1. The van der Waals surface area contributed by atoms with Crippen molar-refractivity contribution in [2.24, 2.45) is 17.4 Å². The number of primary amides is 1. The van der Waals surface area contributed by atoms with E-state index in [-0.39, 0.29) is 24.2 Å². The smallest absolute Gasteiger partial charge is 0.251 e. The Bertz CT molecular complexity index is 553. The summed E-state index contributed by atoms with van der Waals surface area (Å²) in [4.78, 5) is 23.7. The van der Waals surface area contributed by atoms with Crippen molar-refractivity contribution in [3.8, 4) is 0 Å². The van der Waals surface area contributed by atoms with Crippen LogP contribution in [0, 0.1) is 5.92 Å². The molecule has 0 bridgehead atoms. The van der Waals surface area contributed by atoms with E-state index in [1.54, 1.807) is 0 Å². The first kappa shape index (κ1) is 18.5. The van der Waals surface area contributed by atoms with E-state index in [1.165, 1.54) is 32.1 Å². The summed E-state index contributed by atoms with van der Waals surface area (Å²) in [7, 11) is 0. The second kappa shape index (κ2) is 9.42. The van der Waals surface area contributed by atoms with Gasteiger partial charge in [-0.3, -0.25) is 9.59 Å². The predicted molar refractivity (Wildman–Crippen MR) is 95.6 cm³/mol. The molecule has 132 valence electrons. The quantitative estimate of drug-likeness (QED) is 0.681. The molecular weight excluding hydrogens is 302 g/mol. The summed E-state index contributed by atoms with van der Waals surface area (Å²) >= 11 is 0. The summed E-state index contributed by atoms with van der Waals surface area (Å²) in [5, 5.41) is 3.08. The fourth-order valence-corrected chi connectivity index (χ4v) is 3.50. The number of benzene rings is 1. The normalized spacial score (nSPS) is 16.5. The molecule has 2 rings (SSSR count). The van der Waals surface area contributed by atoms with Gasteiger partial charge in [0.2, 0.25) is 5.91 Å². The molecule has 0 heterocycles. The average Bonchev–Trinajstić information content (AvgIpc) is 2.61. The van der Waals surface area contributed by atoms with Crippen LogP contribution in [0.4, 0.5) is 0 Å². The third-order valence-electron chi connectivity index (χ3n) is 4.94. The Labute approximate surface area is 144 Å². The number of hydrogen-bond acceptors (Lipinski definition) is 3. The number of nitrogens with one attached hydrogen (secondary N) is 1. The van der Waals surface area contributed by atoms with Gasteiger partial charge < -0.3 is 16.8 Å². The maximum atomic E-state index is 12.6. The van der Waals surface area contributed by atoms with Crippen molar-refractivity contribution in [1.29, 1.82) is 0 Å². The number of carbonyl (C=O) groups excluding carboxylic acids is 2. The van der Waals surface area contributed by atoms with Gasteiger partial charge >= 0.3 is 0 Å². The van der Waals surface area contributed by atoms with Gasteiger partial charge in [-0.05, 0) is 49.3 Å². The molecule has 2 amide bonds. The van der Waals surface area contributed by atoms with Gasteiger partial charge in [0, 0.05) is 18.5 Å². The molecule has 0 aliphatic heterocycles. The van der Waals surface area contributed by atoms with Crippen LogP contribution in [-0.2, 0) is 4.79 Å². The number of hydrogen-bond donors (Lipinski definition) is 3. The Morgan fingerprint density at radius 1 is 1.17 bits per heavy atom. The molecule has 1 fully saturated rings. The highest BCUT2D eigenvalue weighted by Gasteiger charge is 2.20. The Balaban J connectivity index is 2.02. The molecule has 5 N–H and O–H groups in total. The number of nitrogens with two attached hydrogens (primary N) is 2. The Morgan fingerprint density at radius 2 is 1.88 bits per heavy atom. The molecule has 1 saturated carbocycles. The van der Waals surface area contributed by atoms with Crippen molar-refractivity contribution in [2.75, 3.05) is 13.1 Å².